The third-order valence-electron chi connectivity index (χ3n) is 3.74. The SMILES string of the molecule is Cc1ccc2nc(SCCNC3CCCC3)[nH]c2c1. The summed E-state index contributed by atoms with van der Waals surface area (Å²) in [6.45, 7) is 3.18. The number of hydrogen-bond acceptors (Lipinski definition) is 3. The van der Waals surface area contributed by atoms with Crippen molar-refractivity contribution in [2.45, 2.75) is 43.8 Å². The Balaban J connectivity index is 1.50. The van der Waals surface area contributed by atoms with Crippen molar-refractivity contribution in [3.63, 3.8) is 0 Å². The second-order valence-electron chi connectivity index (χ2n) is 5.35. The molecule has 0 aliphatic heterocycles. The van der Waals surface area contributed by atoms with E-state index >= 15 is 0 Å². The molecule has 2 N–H and O–H groups in total. The van der Waals surface area contributed by atoms with E-state index in [0.717, 1.165) is 34.5 Å². The van der Waals surface area contributed by atoms with E-state index in [-0.39, 0.29) is 0 Å². The van der Waals surface area contributed by atoms with Crippen LogP contribution in [0.4, 0.5) is 0 Å². The Morgan fingerprint density at radius 3 is 3.05 bits per heavy atom. The van der Waals surface area contributed by atoms with Crippen LogP contribution >= 0.6 is 11.8 Å². The summed E-state index contributed by atoms with van der Waals surface area (Å²) in [5.74, 6) is 1.08. The van der Waals surface area contributed by atoms with Gasteiger partial charge in [-0.2, -0.15) is 0 Å². The van der Waals surface area contributed by atoms with E-state index in [2.05, 4.69) is 40.4 Å². The molecule has 0 spiro atoms. The molecule has 1 aromatic heterocycles. The lowest BCUT2D eigenvalue weighted by Crippen LogP contribution is -2.28. The Labute approximate surface area is 118 Å². The lowest BCUT2D eigenvalue weighted by atomic mass is 10.2. The van der Waals surface area contributed by atoms with Crippen LogP contribution < -0.4 is 5.32 Å². The third-order valence-corrected chi connectivity index (χ3v) is 4.62. The second-order valence-corrected chi connectivity index (χ2v) is 6.43. The molecule has 1 aliphatic carbocycles. The van der Waals surface area contributed by atoms with Gasteiger partial charge in [-0.15, -0.1) is 0 Å². The molecule has 1 aliphatic rings. The summed E-state index contributed by atoms with van der Waals surface area (Å²) in [5, 5.41) is 4.67. The number of rotatable bonds is 5. The number of thioether (sulfide) groups is 1. The van der Waals surface area contributed by atoms with Crippen LogP contribution in [0.5, 0.6) is 0 Å². The maximum absolute atomic E-state index is 4.60. The fourth-order valence-electron chi connectivity index (χ4n) is 2.71. The zero-order valence-electron chi connectivity index (χ0n) is 11.4. The molecular weight excluding hydrogens is 254 g/mol. The maximum Gasteiger partial charge on any atom is 0.166 e. The fourth-order valence-corrected chi connectivity index (χ4v) is 3.47. The number of benzene rings is 1. The minimum Gasteiger partial charge on any atom is -0.333 e. The number of fused-ring (bicyclic) bond motifs is 1. The van der Waals surface area contributed by atoms with E-state index < -0.39 is 0 Å². The summed E-state index contributed by atoms with van der Waals surface area (Å²) in [4.78, 5) is 7.99. The van der Waals surface area contributed by atoms with E-state index in [1.54, 1.807) is 11.8 Å². The van der Waals surface area contributed by atoms with Gasteiger partial charge in [0.2, 0.25) is 0 Å². The van der Waals surface area contributed by atoms with E-state index in [9.17, 15) is 0 Å². The van der Waals surface area contributed by atoms with Gasteiger partial charge < -0.3 is 10.3 Å². The number of hydrogen-bond donors (Lipinski definition) is 2. The molecule has 3 nitrogen and oxygen atoms in total. The number of nitrogens with one attached hydrogen (secondary N) is 2. The lowest BCUT2D eigenvalue weighted by molar-refractivity contribution is 0.545. The topological polar surface area (TPSA) is 40.7 Å². The molecule has 19 heavy (non-hydrogen) atoms. The standard InChI is InChI=1S/C15H21N3S/c1-11-6-7-13-14(10-11)18-15(17-13)19-9-8-16-12-4-2-3-5-12/h6-7,10,12,16H,2-5,8-9H2,1H3,(H,17,18). The van der Waals surface area contributed by atoms with Crippen LogP contribution in [0.3, 0.4) is 0 Å². The van der Waals surface area contributed by atoms with Crippen molar-refractivity contribution in [3.8, 4) is 0 Å². The number of nitrogens with zero attached hydrogens (tertiary/aromatic N) is 1. The minimum absolute atomic E-state index is 0.763. The molecule has 4 heteroatoms. The molecule has 0 bridgehead atoms. The van der Waals surface area contributed by atoms with Crippen molar-refractivity contribution in [1.82, 2.24) is 15.3 Å². The number of H-pyrrole nitrogens is 1. The van der Waals surface area contributed by atoms with Crippen molar-refractivity contribution in [2.75, 3.05) is 12.3 Å². The number of imidazole rings is 1. The zero-order valence-corrected chi connectivity index (χ0v) is 12.2. The van der Waals surface area contributed by atoms with E-state index in [1.165, 1.54) is 31.2 Å². The second kappa shape index (κ2) is 5.97. The van der Waals surface area contributed by atoms with Gasteiger partial charge in [-0.3, -0.25) is 0 Å². The first-order valence-corrected chi connectivity index (χ1v) is 8.12. The fraction of sp³-hybridized carbons (Fsp3) is 0.533. The predicted octanol–water partition coefficient (Wildman–Crippen LogP) is 3.50. The molecule has 1 heterocycles. The first-order valence-electron chi connectivity index (χ1n) is 7.14. The van der Waals surface area contributed by atoms with Crippen LogP contribution in [-0.4, -0.2) is 28.3 Å². The minimum atomic E-state index is 0.763. The molecule has 1 aromatic carbocycles. The van der Waals surface area contributed by atoms with Crippen molar-refractivity contribution in [3.05, 3.63) is 23.8 Å². The monoisotopic (exact) mass is 275 g/mol. The molecule has 1 fully saturated rings. The summed E-state index contributed by atoms with van der Waals surface area (Å²) in [5.41, 5.74) is 3.48. The van der Waals surface area contributed by atoms with Crippen LogP contribution in [0.25, 0.3) is 11.0 Å². The smallest absolute Gasteiger partial charge is 0.166 e. The van der Waals surface area contributed by atoms with Gasteiger partial charge >= 0.3 is 0 Å². The molecule has 102 valence electrons. The van der Waals surface area contributed by atoms with Crippen LogP contribution in [0.1, 0.15) is 31.2 Å². The average molecular weight is 275 g/mol. The molecule has 0 unspecified atom stereocenters. The normalized spacial score (nSPS) is 16.5. The Hall–Kier alpha value is -1.00. The van der Waals surface area contributed by atoms with Crippen LogP contribution in [0.15, 0.2) is 23.4 Å². The highest BCUT2D eigenvalue weighted by molar-refractivity contribution is 7.99. The highest BCUT2D eigenvalue weighted by atomic mass is 32.2. The summed E-state index contributed by atoms with van der Waals surface area (Å²) < 4.78 is 0. The molecule has 0 saturated heterocycles. The Morgan fingerprint density at radius 2 is 2.21 bits per heavy atom. The molecular formula is C15H21N3S. The van der Waals surface area contributed by atoms with Crippen LogP contribution in [0, 0.1) is 6.92 Å². The highest BCUT2D eigenvalue weighted by Crippen LogP contribution is 2.21. The van der Waals surface area contributed by atoms with Gasteiger partial charge in [0.05, 0.1) is 11.0 Å². The molecule has 0 atom stereocenters. The van der Waals surface area contributed by atoms with Crippen LogP contribution in [0.2, 0.25) is 0 Å². The summed E-state index contributed by atoms with van der Waals surface area (Å²) >= 11 is 1.81. The Bertz CT molecular complexity index is 543. The maximum atomic E-state index is 4.60. The van der Waals surface area contributed by atoms with Gasteiger partial charge in [0.15, 0.2) is 5.16 Å². The van der Waals surface area contributed by atoms with E-state index in [1.807, 2.05) is 0 Å². The van der Waals surface area contributed by atoms with Crippen molar-refractivity contribution in [2.24, 2.45) is 0 Å². The average Bonchev–Trinajstić information content (AvgIpc) is 3.02. The Kier molecular flexibility index (Phi) is 4.09. The quantitative estimate of drug-likeness (QED) is 0.648. The van der Waals surface area contributed by atoms with E-state index in [0.29, 0.717) is 0 Å². The van der Waals surface area contributed by atoms with Gasteiger partial charge in [-0.25, -0.2) is 4.98 Å². The van der Waals surface area contributed by atoms with Crippen LogP contribution in [-0.2, 0) is 0 Å². The molecule has 3 rings (SSSR count). The Morgan fingerprint density at radius 1 is 1.37 bits per heavy atom. The van der Waals surface area contributed by atoms with Crippen molar-refractivity contribution < 1.29 is 0 Å². The molecule has 2 aromatic rings. The third kappa shape index (κ3) is 3.31. The van der Waals surface area contributed by atoms with Gasteiger partial charge in [0, 0.05) is 18.3 Å². The largest absolute Gasteiger partial charge is 0.333 e. The van der Waals surface area contributed by atoms with Gasteiger partial charge in [-0.1, -0.05) is 30.7 Å². The summed E-state index contributed by atoms with van der Waals surface area (Å²) in [7, 11) is 0. The van der Waals surface area contributed by atoms with Gasteiger partial charge in [-0.05, 0) is 37.5 Å². The number of aromatic amines is 1. The van der Waals surface area contributed by atoms with Gasteiger partial charge in [0.1, 0.15) is 0 Å². The molecule has 1 saturated carbocycles. The van der Waals surface area contributed by atoms with E-state index in [4.69, 9.17) is 0 Å². The first kappa shape index (κ1) is 13.0. The van der Waals surface area contributed by atoms with Crippen molar-refractivity contribution >= 4 is 22.8 Å². The number of aromatic nitrogens is 2. The predicted molar refractivity (Wildman–Crippen MR) is 81.8 cm³/mol. The molecule has 0 amide bonds. The summed E-state index contributed by atoms with van der Waals surface area (Å²) in [6.07, 6.45) is 5.50. The zero-order chi connectivity index (χ0) is 13.1. The molecule has 0 radical (unpaired) electrons. The first-order chi connectivity index (χ1) is 9.31. The number of aryl methyl sites for hydroxylation is 1. The summed E-state index contributed by atoms with van der Waals surface area (Å²) in [6, 6.07) is 7.11. The van der Waals surface area contributed by atoms with Gasteiger partial charge in [0.25, 0.3) is 0 Å². The lowest BCUT2D eigenvalue weighted by Gasteiger charge is -2.10. The van der Waals surface area contributed by atoms with Crippen molar-refractivity contribution in [1.29, 1.82) is 0 Å². The highest BCUT2D eigenvalue weighted by Gasteiger charge is 2.13.